The Balaban J connectivity index is 1.56. The van der Waals surface area contributed by atoms with E-state index in [4.69, 9.17) is 0 Å². The van der Waals surface area contributed by atoms with Crippen LogP contribution in [0.2, 0.25) is 0 Å². The molecule has 1 aliphatic carbocycles. The van der Waals surface area contributed by atoms with Gasteiger partial charge < -0.3 is 10.2 Å². The van der Waals surface area contributed by atoms with Crippen molar-refractivity contribution in [1.29, 1.82) is 0 Å². The first-order valence-corrected chi connectivity index (χ1v) is 6.82. The van der Waals surface area contributed by atoms with Crippen molar-refractivity contribution >= 4 is 0 Å². The lowest BCUT2D eigenvalue weighted by Gasteiger charge is -2.22. The van der Waals surface area contributed by atoms with E-state index in [1.165, 1.54) is 64.7 Å². The van der Waals surface area contributed by atoms with Crippen LogP contribution in [0.15, 0.2) is 0 Å². The highest BCUT2D eigenvalue weighted by molar-refractivity contribution is 4.78. The Hall–Kier alpha value is -0.0800. The lowest BCUT2D eigenvalue weighted by atomic mass is 10.00. The Morgan fingerprint density at radius 1 is 1.13 bits per heavy atom. The van der Waals surface area contributed by atoms with E-state index >= 15 is 0 Å². The zero-order valence-corrected chi connectivity index (χ0v) is 10.2. The molecule has 2 heteroatoms. The van der Waals surface area contributed by atoms with Crippen LogP contribution in [-0.2, 0) is 0 Å². The number of nitrogens with zero attached hydrogens (tertiary/aromatic N) is 1. The van der Waals surface area contributed by atoms with Crippen LogP contribution in [0.1, 0.15) is 45.4 Å². The molecule has 2 aliphatic rings. The highest BCUT2D eigenvalue weighted by Crippen LogP contribution is 2.27. The zero-order chi connectivity index (χ0) is 10.5. The third kappa shape index (κ3) is 3.46. The minimum absolute atomic E-state index is 0.745. The van der Waals surface area contributed by atoms with Gasteiger partial charge in [-0.15, -0.1) is 0 Å². The molecule has 1 saturated carbocycles. The molecule has 2 nitrogen and oxygen atoms in total. The Morgan fingerprint density at radius 2 is 1.80 bits per heavy atom. The van der Waals surface area contributed by atoms with Crippen molar-refractivity contribution in [2.45, 2.75) is 51.5 Å². The smallest absolute Gasteiger partial charge is 0.0107 e. The number of nitrogens with one attached hydrogen (secondary N) is 1. The molecule has 1 N–H and O–H groups in total. The standard InChI is InChI=1S/C13H26N2/c1-12(13-6-2-3-7-13)14-8-11-15-9-4-5-10-15/h12-14H,2-11H2,1H3/t12-/m1/s1. The second kappa shape index (κ2) is 5.86. The van der Waals surface area contributed by atoms with Crippen molar-refractivity contribution in [2.24, 2.45) is 5.92 Å². The number of rotatable bonds is 5. The Morgan fingerprint density at radius 3 is 2.47 bits per heavy atom. The maximum absolute atomic E-state index is 3.71. The van der Waals surface area contributed by atoms with Gasteiger partial charge in [-0.1, -0.05) is 12.8 Å². The van der Waals surface area contributed by atoms with Crippen molar-refractivity contribution in [1.82, 2.24) is 10.2 Å². The number of likely N-dealkylation sites (tertiary alicyclic amines) is 1. The van der Waals surface area contributed by atoms with Gasteiger partial charge >= 0.3 is 0 Å². The van der Waals surface area contributed by atoms with Gasteiger partial charge in [0.25, 0.3) is 0 Å². The van der Waals surface area contributed by atoms with E-state index in [2.05, 4.69) is 17.1 Å². The molecule has 0 bridgehead atoms. The average Bonchev–Trinajstić information content (AvgIpc) is 2.90. The Kier molecular flexibility index (Phi) is 4.45. The van der Waals surface area contributed by atoms with Crippen molar-refractivity contribution in [3.63, 3.8) is 0 Å². The fourth-order valence-corrected chi connectivity index (χ4v) is 3.08. The molecule has 1 atom stereocenters. The number of hydrogen-bond acceptors (Lipinski definition) is 2. The van der Waals surface area contributed by atoms with E-state index in [0.717, 1.165) is 12.0 Å². The average molecular weight is 210 g/mol. The predicted molar refractivity (Wildman–Crippen MR) is 65.1 cm³/mol. The summed E-state index contributed by atoms with van der Waals surface area (Å²) in [6.07, 6.45) is 8.66. The molecule has 2 rings (SSSR count). The first-order chi connectivity index (χ1) is 7.36. The molecule has 0 spiro atoms. The Labute approximate surface area is 94.4 Å². The van der Waals surface area contributed by atoms with E-state index in [0.29, 0.717) is 0 Å². The fourth-order valence-electron chi connectivity index (χ4n) is 3.08. The maximum atomic E-state index is 3.71. The topological polar surface area (TPSA) is 15.3 Å². The molecule has 1 saturated heterocycles. The molecule has 0 aromatic carbocycles. The summed E-state index contributed by atoms with van der Waals surface area (Å²) in [7, 11) is 0. The summed E-state index contributed by atoms with van der Waals surface area (Å²) in [5.41, 5.74) is 0. The summed E-state index contributed by atoms with van der Waals surface area (Å²) in [5.74, 6) is 0.962. The lowest BCUT2D eigenvalue weighted by molar-refractivity contribution is 0.309. The van der Waals surface area contributed by atoms with Crippen LogP contribution >= 0.6 is 0 Å². The van der Waals surface area contributed by atoms with E-state index in [-0.39, 0.29) is 0 Å². The van der Waals surface area contributed by atoms with Gasteiger partial charge in [0.15, 0.2) is 0 Å². The zero-order valence-electron chi connectivity index (χ0n) is 10.2. The fraction of sp³-hybridized carbons (Fsp3) is 1.00. The molecule has 1 heterocycles. The molecule has 1 aliphatic heterocycles. The highest BCUT2D eigenvalue weighted by Gasteiger charge is 2.21. The third-order valence-corrected chi connectivity index (χ3v) is 4.20. The van der Waals surface area contributed by atoms with E-state index in [1.54, 1.807) is 0 Å². The second-order valence-corrected chi connectivity index (χ2v) is 5.34. The summed E-state index contributed by atoms with van der Waals surface area (Å²) < 4.78 is 0. The first-order valence-electron chi connectivity index (χ1n) is 6.82. The van der Waals surface area contributed by atoms with Gasteiger partial charge in [-0.25, -0.2) is 0 Å². The van der Waals surface area contributed by atoms with Crippen molar-refractivity contribution in [3.05, 3.63) is 0 Å². The molecule has 0 amide bonds. The van der Waals surface area contributed by atoms with Crippen LogP contribution in [0, 0.1) is 5.92 Å². The second-order valence-electron chi connectivity index (χ2n) is 5.34. The van der Waals surface area contributed by atoms with Gasteiger partial charge in [-0.05, 0) is 51.6 Å². The van der Waals surface area contributed by atoms with Crippen molar-refractivity contribution in [3.8, 4) is 0 Å². The molecule has 0 unspecified atom stereocenters. The molecule has 0 radical (unpaired) electrons. The van der Waals surface area contributed by atoms with Gasteiger partial charge in [-0.3, -0.25) is 0 Å². The van der Waals surface area contributed by atoms with E-state index in [9.17, 15) is 0 Å². The van der Waals surface area contributed by atoms with Crippen LogP contribution in [0.5, 0.6) is 0 Å². The van der Waals surface area contributed by atoms with E-state index < -0.39 is 0 Å². The largest absolute Gasteiger partial charge is 0.313 e. The lowest BCUT2D eigenvalue weighted by Crippen LogP contribution is -2.38. The van der Waals surface area contributed by atoms with Gasteiger partial charge in [0.1, 0.15) is 0 Å². The molecular weight excluding hydrogens is 184 g/mol. The van der Waals surface area contributed by atoms with Crippen molar-refractivity contribution < 1.29 is 0 Å². The van der Waals surface area contributed by atoms with Crippen molar-refractivity contribution in [2.75, 3.05) is 26.2 Å². The van der Waals surface area contributed by atoms with Crippen LogP contribution in [-0.4, -0.2) is 37.1 Å². The number of hydrogen-bond donors (Lipinski definition) is 1. The summed E-state index contributed by atoms with van der Waals surface area (Å²) in [5, 5.41) is 3.71. The Bertz CT molecular complexity index is 169. The van der Waals surface area contributed by atoms with Crippen LogP contribution < -0.4 is 5.32 Å². The van der Waals surface area contributed by atoms with Gasteiger partial charge in [0.05, 0.1) is 0 Å². The molecule has 15 heavy (non-hydrogen) atoms. The van der Waals surface area contributed by atoms with Crippen LogP contribution in [0.4, 0.5) is 0 Å². The summed E-state index contributed by atoms with van der Waals surface area (Å²) in [6, 6.07) is 0.745. The molecular formula is C13H26N2. The molecule has 88 valence electrons. The molecule has 2 fully saturated rings. The van der Waals surface area contributed by atoms with Crippen LogP contribution in [0.3, 0.4) is 0 Å². The quantitative estimate of drug-likeness (QED) is 0.749. The van der Waals surface area contributed by atoms with E-state index in [1.807, 2.05) is 0 Å². The van der Waals surface area contributed by atoms with Gasteiger partial charge in [0, 0.05) is 19.1 Å². The molecule has 0 aromatic rings. The van der Waals surface area contributed by atoms with Gasteiger partial charge in [0.2, 0.25) is 0 Å². The molecule has 0 aromatic heterocycles. The minimum Gasteiger partial charge on any atom is -0.313 e. The monoisotopic (exact) mass is 210 g/mol. The first kappa shape index (κ1) is 11.4. The summed E-state index contributed by atoms with van der Waals surface area (Å²) >= 11 is 0. The summed E-state index contributed by atoms with van der Waals surface area (Å²) in [4.78, 5) is 2.59. The predicted octanol–water partition coefficient (Wildman–Crippen LogP) is 2.25. The SMILES string of the molecule is C[C@@H](NCCN1CCCC1)C1CCCC1. The highest BCUT2D eigenvalue weighted by atomic mass is 15.2. The maximum Gasteiger partial charge on any atom is 0.0107 e. The third-order valence-electron chi connectivity index (χ3n) is 4.20. The minimum atomic E-state index is 0.745. The summed E-state index contributed by atoms with van der Waals surface area (Å²) in [6.45, 7) is 7.49. The van der Waals surface area contributed by atoms with Gasteiger partial charge in [-0.2, -0.15) is 0 Å². The van der Waals surface area contributed by atoms with Crippen LogP contribution in [0.25, 0.3) is 0 Å². The normalized spacial score (nSPS) is 26.2.